The van der Waals surface area contributed by atoms with Crippen LogP contribution in [0, 0.1) is 0 Å². The van der Waals surface area contributed by atoms with Crippen LogP contribution in [0.5, 0.6) is 0 Å². The van der Waals surface area contributed by atoms with E-state index in [2.05, 4.69) is 10.2 Å². The van der Waals surface area contributed by atoms with Gasteiger partial charge in [0, 0.05) is 39.0 Å². The fourth-order valence-corrected chi connectivity index (χ4v) is 4.96. The Morgan fingerprint density at radius 3 is 2.53 bits per heavy atom. The molecular formula is C21H29N3O5S. The zero-order valence-electron chi connectivity index (χ0n) is 17.5. The van der Waals surface area contributed by atoms with Gasteiger partial charge in [0.25, 0.3) is 0 Å². The Balaban J connectivity index is 1.86. The number of nitrogens with one attached hydrogen (secondary N) is 1. The molecule has 1 aliphatic heterocycles. The van der Waals surface area contributed by atoms with Crippen molar-refractivity contribution in [2.75, 3.05) is 49.6 Å². The predicted molar refractivity (Wildman–Crippen MR) is 115 cm³/mol. The summed E-state index contributed by atoms with van der Waals surface area (Å²) >= 11 is 0. The summed E-state index contributed by atoms with van der Waals surface area (Å²) in [5, 5.41) is 2.91. The second-order valence-corrected chi connectivity index (χ2v) is 8.93. The molecule has 0 radical (unpaired) electrons. The molecule has 9 heteroatoms. The normalized spacial score (nSPS) is 14.8. The Morgan fingerprint density at radius 2 is 1.90 bits per heavy atom. The number of ether oxygens (including phenoxy) is 1. The van der Waals surface area contributed by atoms with Gasteiger partial charge in [0.2, 0.25) is 15.9 Å². The maximum atomic E-state index is 13.0. The van der Waals surface area contributed by atoms with Crippen molar-refractivity contribution in [2.45, 2.75) is 31.6 Å². The average Bonchev–Trinajstić information content (AvgIpc) is 3.27. The number of carbonyl (C=O) groups is 1. The highest BCUT2D eigenvalue weighted by atomic mass is 32.2. The minimum Gasteiger partial charge on any atom is -0.469 e. The number of aryl methyl sites for hydroxylation is 1. The molecule has 3 rings (SSSR count). The molecule has 0 aliphatic carbocycles. The molecule has 1 aromatic heterocycles. The lowest BCUT2D eigenvalue weighted by Gasteiger charge is -2.31. The molecule has 0 spiro atoms. The summed E-state index contributed by atoms with van der Waals surface area (Å²) in [5.74, 6) is 0.537. The van der Waals surface area contributed by atoms with Crippen molar-refractivity contribution in [3.63, 3.8) is 0 Å². The van der Waals surface area contributed by atoms with Gasteiger partial charge in [-0.25, -0.2) is 8.42 Å². The van der Waals surface area contributed by atoms with E-state index >= 15 is 0 Å². The largest absolute Gasteiger partial charge is 0.469 e. The molecule has 1 N–H and O–H groups in total. The molecule has 2 aromatic rings. The number of carbonyl (C=O) groups excluding carboxylic acids is 1. The second kappa shape index (κ2) is 10.1. The maximum absolute atomic E-state index is 13.0. The van der Waals surface area contributed by atoms with E-state index < -0.39 is 10.0 Å². The molecule has 0 bridgehead atoms. The third kappa shape index (κ3) is 5.21. The van der Waals surface area contributed by atoms with E-state index in [1.165, 1.54) is 4.31 Å². The Hall–Kier alpha value is -2.36. The Labute approximate surface area is 177 Å². The first-order valence-corrected chi connectivity index (χ1v) is 11.7. The van der Waals surface area contributed by atoms with Crippen LogP contribution in [0.1, 0.15) is 26.0 Å². The van der Waals surface area contributed by atoms with Gasteiger partial charge >= 0.3 is 0 Å². The van der Waals surface area contributed by atoms with Crippen LogP contribution in [-0.4, -0.2) is 58.0 Å². The summed E-state index contributed by atoms with van der Waals surface area (Å²) < 4.78 is 38.0. The number of nitrogens with zero attached hydrogens (tertiary/aromatic N) is 2. The van der Waals surface area contributed by atoms with Crippen LogP contribution in [0.15, 0.2) is 45.9 Å². The van der Waals surface area contributed by atoms with Gasteiger partial charge in [0.05, 0.1) is 35.7 Å². The number of furan rings is 1. The quantitative estimate of drug-likeness (QED) is 0.651. The van der Waals surface area contributed by atoms with Gasteiger partial charge in [-0.3, -0.25) is 4.79 Å². The van der Waals surface area contributed by atoms with Gasteiger partial charge in [-0.15, -0.1) is 0 Å². The van der Waals surface area contributed by atoms with Gasteiger partial charge in [-0.05, 0) is 30.3 Å². The summed E-state index contributed by atoms with van der Waals surface area (Å²) in [6.45, 7) is 6.91. The lowest BCUT2D eigenvalue weighted by atomic mass is 10.2. The summed E-state index contributed by atoms with van der Waals surface area (Å²) in [6, 6.07) is 8.54. The van der Waals surface area contributed by atoms with Crippen LogP contribution in [0.4, 0.5) is 11.4 Å². The van der Waals surface area contributed by atoms with Gasteiger partial charge < -0.3 is 19.4 Å². The van der Waals surface area contributed by atoms with Gasteiger partial charge in [-0.1, -0.05) is 13.8 Å². The van der Waals surface area contributed by atoms with Crippen LogP contribution >= 0.6 is 0 Å². The maximum Gasteiger partial charge on any atom is 0.243 e. The van der Waals surface area contributed by atoms with E-state index in [9.17, 15) is 13.2 Å². The first-order chi connectivity index (χ1) is 14.5. The minimum atomic E-state index is -3.63. The van der Waals surface area contributed by atoms with Crippen molar-refractivity contribution < 1.29 is 22.4 Å². The first-order valence-electron chi connectivity index (χ1n) is 10.2. The Morgan fingerprint density at radius 1 is 1.17 bits per heavy atom. The molecular weight excluding hydrogens is 406 g/mol. The van der Waals surface area contributed by atoms with Crippen LogP contribution in [0.25, 0.3) is 0 Å². The molecule has 1 amide bonds. The van der Waals surface area contributed by atoms with E-state index in [-0.39, 0.29) is 17.2 Å². The predicted octanol–water partition coefficient (Wildman–Crippen LogP) is 2.72. The number of anilines is 2. The zero-order valence-corrected chi connectivity index (χ0v) is 18.3. The van der Waals surface area contributed by atoms with Crippen molar-refractivity contribution in [3.8, 4) is 0 Å². The molecule has 164 valence electrons. The smallest absolute Gasteiger partial charge is 0.243 e. The van der Waals surface area contributed by atoms with Crippen molar-refractivity contribution in [1.29, 1.82) is 0 Å². The molecule has 0 unspecified atom stereocenters. The molecule has 0 saturated carbocycles. The van der Waals surface area contributed by atoms with E-state index in [1.54, 1.807) is 44.4 Å². The Kier molecular flexibility index (Phi) is 7.52. The fourth-order valence-electron chi connectivity index (χ4n) is 3.47. The molecule has 30 heavy (non-hydrogen) atoms. The monoisotopic (exact) mass is 435 g/mol. The van der Waals surface area contributed by atoms with Gasteiger partial charge in [0.1, 0.15) is 5.76 Å². The summed E-state index contributed by atoms with van der Waals surface area (Å²) in [7, 11) is -3.63. The van der Waals surface area contributed by atoms with Crippen molar-refractivity contribution >= 4 is 27.3 Å². The minimum absolute atomic E-state index is 0.171. The summed E-state index contributed by atoms with van der Waals surface area (Å²) in [4.78, 5) is 14.9. The van der Waals surface area contributed by atoms with E-state index in [4.69, 9.17) is 9.15 Å². The fraction of sp³-hybridized carbons (Fsp3) is 0.476. The number of amides is 1. The zero-order chi connectivity index (χ0) is 21.6. The highest BCUT2D eigenvalue weighted by Gasteiger charge is 2.24. The number of rotatable bonds is 9. The highest BCUT2D eigenvalue weighted by Crippen LogP contribution is 2.31. The first kappa shape index (κ1) is 22.3. The molecule has 1 saturated heterocycles. The molecule has 2 heterocycles. The molecule has 1 aromatic carbocycles. The van der Waals surface area contributed by atoms with Crippen molar-refractivity contribution in [1.82, 2.24) is 4.31 Å². The summed E-state index contributed by atoms with van der Waals surface area (Å²) in [6.07, 6.45) is 2.29. The van der Waals surface area contributed by atoms with Crippen LogP contribution in [0.2, 0.25) is 0 Å². The van der Waals surface area contributed by atoms with E-state index in [1.807, 2.05) is 6.07 Å². The number of benzene rings is 1. The third-order valence-electron chi connectivity index (χ3n) is 5.12. The highest BCUT2D eigenvalue weighted by molar-refractivity contribution is 7.89. The lowest BCUT2D eigenvalue weighted by molar-refractivity contribution is -0.116. The van der Waals surface area contributed by atoms with Gasteiger partial charge in [0.15, 0.2) is 0 Å². The summed E-state index contributed by atoms with van der Waals surface area (Å²) in [5.41, 5.74) is 1.29. The standard InChI is InChI=1S/C21H29N3O5S/c1-3-24(4-2)30(26,27)18-8-9-20(23-11-14-28-15-12-23)19(16-18)22-21(25)10-7-17-6-5-13-29-17/h5-6,8-9,13,16H,3-4,7,10-12,14-15H2,1-2H3,(H,22,25). The topological polar surface area (TPSA) is 92.1 Å². The van der Waals surface area contributed by atoms with Gasteiger partial charge in [-0.2, -0.15) is 4.31 Å². The third-order valence-corrected chi connectivity index (χ3v) is 7.16. The van der Waals surface area contributed by atoms with Crippen LogP contribution in [-0.2, 0) is 26.0 Å². The Bertz CT molecular complexity index is 934. The van der Waals surface area contributed by atoms with Crippen molar-refractivity contribution in [3.05, 3.63) is 42.4 Å². The van der Waals surface area contributed by atoms with E-state index in [0.29, 0.717) is 51.5 Å². The second-order valence-electron chi connectivity index (χ2n) is 7.00. The van der Waals surface area contributed by atoms with Crippen molar-refractivity contribution in [2.24, 2.45) is 0 Å². The average molecular weight is 436 g/mol. The molecule has 1 aliphatic rings. The number of sulfonamides is 1. The molecule has 1 fully saturated rings. The van der Waals surface area contributed by atoms with Crippen LogP contribution < -0.4 is 10.2 Å². The number of morpholine rings is 1. The number of hydrogen-bond acceptors (Lipinski definition) is 6. The number of hydrogen-bond donors (Lipinski definition) is 1. The van der Waals surface area contributed by atoms with Crippen LogP contribution in [0.3, 0.4) is 0 Å². The lowest BCUT2D eigenvalue weighted by Crippen LogP contribution is -2.37. The molecule has 0 atom stereocenters. The SMILES string of the molecule is CCN(CC)S(=O)(=O)c1ccc(N2CCOCC2)c(NC(=O)CCc2ccco2)c1. The van der Waals surface area contributed by atoms with E-state index in [0.717, 1.165) is 11.4 Å². The molecule has 8 nitrogen and oxygen atoms in total.